The van der Waals surface area contributed by atoms with Crippen LogP contribution in [-0.2, 0) is 11.2 Å². The van der Waals surface area contributed by atoms with Crippen LogP contribution < -0.4 is 5.32 Å². The molecule has 0 amide bonds. The zero-order chi connectivity index (χ0) is 14.9. The van der Waals surface area contributed by atoms with Gasteiger partial charge in [0, 0.05) is 12.6 Å². The van der Waals surface area contributed by atoms with Crippen molar-refractivity contribution in [2.45, 2.75) is 64.0 Å². The van der Waals surface area contributed by atoms with Crippen molar-refractivity contribution in [1.82, 2.24) is 5.32 Å². The summed E-state index contributed by atoms with van der Waals surface area (Å²) < 4.78 is 6.16. The lowest BCUT2D eigenvalue weighted by Crippen LogP contribution is -2.45. The van der Waals surface area contributed by atoms with Gasteiger partial charge in [0.15, 0.2) is 0 Å². The fraction of sp³-hybridized carbons (Fsp3) is 0.684. The van der Waals surface area contributed by atoms with Crippen molar-refractivity contribution < 1.29 is 4.74 Å². The highest BCUT2D eigenvalue weighted by atomic mass is 16.5. The van der Waals surface area contributed by atoms with E-state index in [1.807, 2.05) is 0 Å². The Balaban J connectivity index is 1.94. The number of hydrogen-bond acceptors (Lipinski definition) is 2. The van der Waals surface area contributed by atoms with Crippen LogP contribution in [0.1, 0.15) is 51.0 Å². The Morgan fingerprint density at radius 3 is 2.48 bits per heavy atom. The third kappa shape index (κ3) is 5.12. The van der Waals surface area contributed by atoms with Crippen molar-refractivity contribution in [3.8, 4) is 0 Å². The summed E-state index contributed by atoms with van der Waals surface area (Å²) in [6.07, 6.45) is 9.51. The minimum Gasteiger partial charge on any atom is -0.377 e. The zero-order valence-corrected chi connectivity index (χ0v) is 13.7. The number of hydrogen-bond donors (Lipinski definition) is 1. The molecule has 1 aromatic carbocycles. The molecule has 2 heteroatoms. The molecule has 0 aromatic heterocycles. The Hall–Kier alpha value is -0.860. The molecule has 1 aromatic rings. The summed E-state index contributed by atoms with van der Waals surface area (Å²) in [5, 5.41) is 3.53. The Bertz CT molecular complexity index is 372. The van der Waals surface area contributed by atoms with Gasteiger partial charge in [-0.3, -0.25) is 0 Å². The number of aryl methyl sites for hydroxylation is 1. The van der Waals surface area contributed by atoms with Crippen molar-refractivity contribution in [2.75, 3.05) is 13.7 Å². The molecule has 1 N–H and O–H groups in total. The van der Waals surface area contributed by atoms with E-state index in [-0.39, 0.29) is 0 Å². The topological polar surface area (TPSA) is 21.3 Å². The molecule has 2 rings (SSSR count). The summed E-state index contributed by atoms with van der Waals surface area (Å²) in [6, 6.07) is 11.3. The van der Waals surface area contributed by atoms with Crippen LogP contribution in [0.15, 0.2) is 30.3 Å². The van der Waals surface area contributed by atoms with Crippen molar-refractivity contribution in [2.24, 2.45) is 5.92 Å². The Kier molecular flexibility index (Phi) is 7.25. The molecular weight excluding hydrogens is 258 g/mol. The number of benzene rings is 1. The van der Waals surface area contributed by atoms with Crippen molar-refractivity contribution in [1.29, 1.82) is 0 Å². The van der Waals surface area contributed by atoms with Gasteiger partial charge in [0.1, 0.15) is 0 Å². The lowest BCUT2D eigenvalue weighted by molar-refractivity contribution is -0.0176. The van der Waals surface area contributed by atoms with E-state index in [4.69, 9.17) is 4.74 Å². The van der Waals surface area contributed by atoms with Gasteiger partial charge in [-0.15, -0.1) is 0 Å². The molecule has 21 heavy (non-hydrogen) atoms. The normalized spacial score (nSPS) is 19.3. The van der Waals surface area contributed by atoms with Crippen LogP contribution in [0.5, 0.6) is 0 Å². The van der Waals surface area contributed by atoms with Crippen LogP contribution in [0.25, 0.3) is 0 Å². The SMILES string of the molecule is CCOC(C1CCCCC1)C(CCc1ccccc1)NC. The molecule has 1 aliphatic rings. The number of likely N-dealkylation sites (N-methyl/N-ethyl adjacent to an activating group) is 1. The van der Waals surface area contributed by atoms with E-state index in [0.29, 0.717) is 12.1 Å². The molecule has 2 atom stereocenters. The van der Waals surface area contributed by atoms with E-state index in [0.717, 1.165) is 25.4 Å². The van der Waals surface area contributed by atoms with Crippen LogP contribution in [0.4, 0.5) is 0 Å². The van der Waals surface area contributed by atoms with E-state index in [1.54, 1.807) is 0 Å². The molecule has 0 heterocycles. The van der Waals surface area contributed by atoms with E-state index >= 15 is 0 Å². The Labute approximate surface area is 130 Å². The zero-order valence-electron chi connectivity index (χ0n) is 13.7. The second-order valence-electron chi connectivity index (χ2n) is 6.24. The second-order valence-corrected chi connectivity index (χ2v) is 6.24. The quantitative estimate of drug-likeness (QED) is 0.774. The van der Waals surface area contributed by atoms with E-state index < -0.39 is 0 Å². The highest BCUT2D eigenvalue weighted by Crippen LogP contribution is 2.30. The first kappa shape index (κ1) is 16.5. The number of rotatable bonds is 8. The standard InChI is InChI=1S/C19H31NO/c1-3-21-19(17-12-8-5-9-13-17)18(20-2)15-14-16-10-6-4-7-11-16/h4,6-7,10-11,17-20H,3,5,8-9,12-15H2,1-2H3. The van der Waals surface area contributed by atoms with E-state index in [1.165, 1.54) is 37.7 Å². The van der Waals surface area contributed by atoms with Crippen molar-refractivity contribution in [3.63, 3.8) is 0 Å². The molecule has 2 nitrogen and oxygen atoms in total. The van der Waals surface area contributed by atoms with Crippen molar-refractivity contribution >= 4 is 0 Å². The predicted octanol–water partition coefficient (Wildman–Crippen LogP) is 4.19. The maximum atomic E-state index is 6.16. The molecule has 0 radical (unpaired) electrons. The number of nitrogens with one attached hydrogen (secondary N) is 1. The third-order valence-electron chi connectivity index (χ3n) is 4.83. The summed E-state index contributed by atoms with van der Waals surface area (Å²) in [6.45, 7) is 2.95. The maximum absolute atomic E-state index is 6.16. The lowest BCUT2D eigenvalue weighted by atomic mass is 9.81. The van der Waals surface area contributed by atoms with Crippen LogP contribution in [0.2, 0.25) is 0 Å². The van der Waals surface area contributed by atoms with Crippen LogP contribution in [0, 0.1) is 5.92 Å². The molecule has 0 aliphatic heterocycles. The first-order valence-corrected chi connectivity index (χ1v) is 8.68. The van der Waals surface area contributed by atoms with Crippen LogP contribution in [0.3, 0.4) is 0 Å². The van der Waals surface area contributed by atoms with Gasteiger partial charge in [-0.1, -0.05) is 49.6 Å². The largest absolute Gasteiger partial charge is 0.377 e. The fourth-order valence-corrected chi connectivity index (χ4v) is 3.68. The molecule has 0 spiro atoms. The Morgan fingerprint density at radius 1 is 1.14 bits per heavy atom. The minimum atomic E-state index is 0.379. The molecule has 1 fully saturated rings. The highest BCUT2D eigenvalue weighted by Gasteiger charge is 2.30. The lowest BCUT2D eigenvalue weighted by Gasteiger charge is -2.35. The van der Waals surface area contributed by atoms with Gasteiger partial charge >= 0.3 is 0 Å². The summed E-state index contributed by atoms with van der Waals surface area (Å²) in [7, 11) is 2.09. The molecular formula is C19H31NO. The van der Waals surface area contributed by atoms with Gasteiger partial charge in [-0.25, -0.2) is 0 Å². The first-order chi connectivity index (χ1) is 10.3. The highest BCUT2D eigenvalue weighted by molar-refractivity contribution is 5.14. The molecule has 1 aliphatic carbocycles. The molecule has 1 saturated carbocycles. The van der Waals surface area contributed by atoms with Gasteiger partial charge in [0.05, 0.1) is 6.10 Å². The molecule has 0 saturated heterocycles. The molecule has 2 unspecified atom stereocenters. The molecule has 118 valence electrons. The van der Waals surface area contributed by atoms with Gasteiger partial charge in [0.2, 0.25) is 0 Å². The number of ether oxygens (including phenoxy) is 1. The molecule has 0 bridgehead atoms. The average molecular weight is 289 g/mol. The predicted molar refractivity (Wildman–Crippen MR) is 89.6 cm³/mol. The third-order valence-corrected chi connectivity index (χ3v) is 4.83. The second kappa shape index (κ2) is 9.22. The van der Waals surface area contributed by atoms with E-state index in [2.05, 4.69) is 49.6 Å². The van der Waals surface area contributed by atoms with Gasteiger partial charge in [-0.05, 0) is 51.1 Å². The Morgan fingerprint density at radius 2 is 1.86 bits per heavy atom. The maximum Gasteiger partial charge on any atom is 0.0755 e. The average Bonchev–Trinajstić information content (AvgIpc) is 2.56. The van der Waals surface area contributed by atoms with Crippen molar-refractivity contribution in [3.05, 3.63) is 35.9 Å². The first-order valence-electron chi connectivity index (χ1n) is 8.68. The summed E-state index contributed by atoms with van der Waals surface area (Å²) >= 11 is 0. The minimum absolute atomic E-state index is 0.379. The van der Waals surface area contributed by atoms with Gasteiger partial charge in [-0.2, -0.15) is 0 Å². The summed E-state index contributed by atoms with van der Waals surface area (Å²) in [5.41, 5.74) is 1.43. The smallest absolute Gasteiger partial charge is 0.0755 e. The summed E-state index contributed by atoms with van der Waals surface area (Å²) in [5.74, 6) is 0.743. The van der Waals surface area contributed by atoms with E-state index in [9.17, 15) is 0 Å². The van der Waals surface area contributed by atoms with Crippen LogP contribution in [-0.4, -0.2) is 25.8 Å². The van der Waals surface area contributed by atoms with Gasteiger partial charge in [0.25, 0.3) is 0 Å². The summed E-state index contributed by atoms with van der Waals surface area (Å²) in [4.78, 5) is 0. The monoisotopic (exact) mass is 289 g/mol. The van der Waals surface area contributed by atoms with Crippen LogP contribution >= 0.6 is 0 Å². The van der Waals surface area contributed by atoms with Gasteiger partial charge < -0.3 is 10.1 Å². The fourth-order valence-electron chi connectivity index (χ4n) is 3.68.